The molecule has 17 heavy (non-hydrogen) atoms. The summed E-state index contributed by atoms with van der Waals surface area (Å²) in [4.78, 5) is 0. The van der Waals surface area contributed by atoms with Crippen LogP contribution < -0.4 is 4.74 Å². The molecule has 0 saturated heterocycles. The van der Waals surface area contributed by atoms with E-state index >= 15 is 0 Å². The molecule has 2 aromatic rings. The van der Waals surface area contributed by atoms with Crippen LogP contribution in [0.15, 0.2) is 42.5 Å². The molecular formula is C14H13FO2. The van der Waals surface area contributed by atoms with Crippen LogP contribution in [0.2, 0.25) is 0 Å². The van der Waals surface area contributed by atoms with E-state index in [1.54, 1.807) is 6.07 Å². The van der Waals surface area contributed by atoms with Crippen molar-refractivity contribution in [1.82, 2.24) is 0 Å². The van der Waals surface area contributed by atoms with Crippen molar-refractivity contribution in [2.75, 3.05) is 6.61 Å². The Hall–Kier alpha value is -2.03. The normalized spacial score (nSPS) is 10.2. The third-order valence-corrected chi connectivity index (χ3v) is 2.45. The second kappa shape index (κ2) is 4.87. The van der Waals surface area contributed by atoms with Crippen molar-refractivity contribution in [2.24, 2.45) is 0 Å². The summed E-state index contributed by atoms with van der Waals surface area (Å²) < 4.78 is 18.5. The van der Waals surface area contributed by atoms with Crippen LogP contribution in [0, 0.1) is 5.82 Å². The second-order valence-electron chi connectivity index (χ2n) is 3.62. The predicted molar refractivity (Wildman–Crippen MR) is 64.7 cm³/mol. The fourth-order valence-electron chi connectivity index (χ4n) is 1.60. The molecule has 3 heteroatoms. The summed E-state index contributed by atoms with van der Waals surface area (Å²) >= 11 is 0. The average molecular weight is 232 g/mol. The van der Waals surface area contributed by atoms with Gasteiger partial charge in [0.05, 0.1) is 6.61 Å². The van der Waals surface area contributed by atoms with Crippen LogP contribution in [-0.2, 0) is 0 Å². The zero-order valence-electron chi connectivity index (χ0n) is 9.48. The van der Waals surface area contributed by atoms with E-state index in [-0.39, 0.29) is 5.75 Å². The van der Waals surface area contributed by atoms with Crippen molar-refractivity contribution in [3.63, 3.8) is 0 Å². The molecule has 0 atom stereocenters. The smallest absolute Gasteiger partial charge is 0.165 e. The first-order chi connectivity index (χ1) is 8.20. The van der Waals surface area contributed by atoms with E-state index < -0.39 is 5.82 Å². The summed E-state index contributed by atoms with van der Waals surface area (Å²) in [6.45, 7) is 2.54. The van der Waals surface area contributed by atoms with Gasteiger partial charge in [0, 0.05) is 0 Å². The van der Waals surface area contributed by atoms with Gasteiger partial charge in [0.2, 0.25) is 0 Å². The Balaban J connectivity index is 2.30. The fourth-order valence-corrected chi connectivity index (χ4v) is 1.60. The lowest BCUT2D eigenvalue weighted by atomic mass is 10.1. The molecule has 0 spiro atoms. The van der Waals surface area contributed by atoms with Gasteiger partial charge < -0.3 is 9.84 Å². The highest BCUT2D eigenvalue weighted by atomic mass is 19.1. The number of rotatable bonds is 3. The minimum absolute atomic E-state index is 0.334. The molecule has 0 aliphatic carbocycles. The highest BCUT2D eigenvalue weighted by molar-refractivity contribution is 5.65. The van der Waals surface area contributed by atoms with E-state index in [1.165, 1.54) is 12.1 Å². The topological polar surface area (TPSA) is 29.5 Å². The van der Waals surface area contributed by atoms with Crippen LogP contribution in [0.25, 0.3) is 11.1 Å². The van der Waals surface area contributed by atoms with Gasteiger partial charge in [-0.25, -0.2) is 4.39 Å². The lowest BCUT2D eigenvalue weighted by Crippen LogP contribution is -1.90. The molecule has 2 aromatic carbocycles. The third kappa shape index (κ3) is 2.56. The van der Waals surface area contributed by atoms with Gasteiger partial charge in [0.15, 0.2) is 11.6 Å². The fraction of sp³-hybridized carbons (Fsp3) is 0.143. The largest absolute Gasteiger partial charge is 0.505 e. The number of ether oxygens (including phenoxy) is 1. The van der Waals surface area contributed by atoms with Gasteiger partial charge in [-0.2, -0.15) is 0 Å². The molecule has 0 fully saturated rings. The standard InChI is InChI=1S/C14H13FO2/c1-2-17-12-6-3-10(4-7-12)11-5-8-14(16)13(15)9-11/h3-9,16H,2H2,1H3. The Bertz CT molecular complexity index is 506. The summed E-state index contributed by atoms with van der Waals surface area (Å²) in [7, 11) is 0. The average Bonchev–Trinajstić information content (AvgIpc) is 2.34. The summed E-state index contributed by atoms with van der Waals surface area (Å²) in [5.41, 5.74) is 1.61. The Morgan fingerprint density at radius 1 is 1.06 bits per heavy atom. The second-order valence-corrected chi connectivity index (χ2v) is 3.62. The Kier molecular flexibility index (Phi) is 3.28. The van der Waals surface area contributed by atoms with Crippen LogP contribution in [-0.4, -0.2) is 11.7 Å². The van der Waals surface area contributed by atoms with Gasteiger partial charge in [-0.05, 0) is 42.3 Å². The van der Waals surface area contributed by atoms with E-state index in [0.717, 1.165) is 16.9 Å². The van der Waals surface area contributed by atoms with Gasteiger partial charge in [-0.1, -0.05) is 18.2 Å². The molecule has 2 rings (SSSR count). The van der Waals surface area contributed by atoms with Gasteiger partial charge in [0.25, 0.3) is 0 Å². The van der Waals surface area contributed by atoms with Crippen LogP contribution in [0.1, 0.15) is 6.92 Å². The molecular weight excluding hydrogens is 219 g/mol. The number of phenols is 1. The molecule has 88 valence electrons. The molecule has 0 saturated carbocycles. The van der Waals surface area contributed by atoms with Gasteiger partial charge >= 0.3 is 0 Å². The van der Waals surface area contributed by atoms with Crippen molar-refractivity contribution in [1.29, 1.82) is 0 Å². The molecule has 0 unspecified atom stereocenters. The maximum atomic E-state index is 13.2. The van der Waals surface area contributed by atoms with E-state index in [9.17, 15) is 4.39 Å². The first kappa shape index (κ1) is 11.5. The highest BCUT2D eigenvalue weighted by Crippen LogP contribution is 2.26. The van der Waals surface area contributed by atoms with Crippen molar-refractivity contribution in [3.05, 3.63) is 48.3 Å². The van der Waals surface area contributed by atoms with Crippen LogP contribution >= 0.6 is 0 Å². The van der Waals surface area contributed by atoms with Gasteiger partial charge in [-0.3, -0.25) is 0 Å². The first-order valence-corrected chi connectivity index (χ1v) is 5.42. The van der Waals surface area contributed by atoms with Crippen molar-refractivity contribution >= 4 is 0 Å². The highest BCUT2D eigenvalue weighted by Gasteiger charge is 2.03. The summed E-state index contributed by atoms with van der Waals surface area (Å²) in [6.07, 6.45) is 0. The Morgan fingerprint density at radius 2 is 1.71 bits per heavy atom. The molecule has 0 heterocycles. The minimum Gasteiger partial charge on any atom is -0.505 e. The number of hydrogen-bond donors (Lipinski definition) is 1. The van der Waals surface area contributed by atoms with E-state index in [1.807, 2.05) is 31.2 Å². The number of phenolic OH excluding ortho intramolecular Hbond substituents is 1. The maximum absolute atomic E-state index is 13.2. The molecule has 0 aromatic heterocycles. The molecule has 0 bridgehead atoms. The quantitative estimate of drug-likeness (QED) is 0.876. The molecule has 0 aliphatic rings. The van der Waals surface area contributed by atoms with Crippen molar-refractivity contribution in [3.8, 4) is 22.6 Å². The number of hydrogen-bond acceptors (Lipinski definition) is 2. The molecule has 1 N–H and O–H groups in total. The summed E-state index contributed by atoms with van der Waals surface area (Å²) in [5, 5.41) is 9.11. The van der Waals surface area contributed by atoms with E-state index in [2.05, 4.69) is 0 Å². The Labute approximate surface area is 99.3 Å². The lowest BCUT2D eigenvalue weighted by Gasteiger charge is -2.05. The molecule has 0 aliphatic heterocycles. The zero-order chi connectivity index (χ0) is 12.3. The number of halogens is 1. The van der Waals surface area contributed by atoms with Gasteiger partial charge in [0.1, 0.15) is 5.75 Å². The molecule has 0 radical (unpaired) electrons. The van der Waals surface area contributed by atoms with Gasteiger partial charge in [-0.15, -0.1) is 0 Å². The van der Waals surface area contributed by atoms with Crippen molar-refractivity contribution < 1.29 is 14.2 Å². The van der Waals surface area contributed by atoms with E-state index in [4.69, 9.17) is 9.84 Å². The minimum atomic E-state index is -0.614. The lowest BCUT2D eigenvalue weighted by molar-refractivity contribution is 0.340. The summed E-state index contributed by atoms with van der Waals surface area (Å²) in [5.74, 6) is -0.161. The molecule has 0 amide bonds. The zero-order valence-corrected chi connectivity index (χ0v) is 9.48. The van der Waals surface area contributed by atoms with Crippen LogP contribution in [0.5, 0.6) is 11.5 Å². The van der Waals surface area contributed by atoms with Crippen LogP contribution in [0.4, 0.5) is 4.39 Å². The maximum Gasteiger partial charge on any atom is 0.165 e. The predicted octanol–water partition coefficient (Wildman–Crippen LogP) is 3.60. The Morgan fingerprint density at radius 3 is 2.29 bits per heavy atom. The molecule has 2 nitrogen and oxygen atoms in total. The van der Waals surface area contributed by atoms with Crippen molar-refractivity contribution in [2.45, 2.75) is 6.92 Å². The monoisotopic (exact) mass is 232 g/mol. The van der Waals surface area contributed by atoms with E-state index in [0.29, 0.717) is 6.61 Å². The summed E-state index contributed by atoms with van der Waals surface area (Å²) in [6, 6.07) is 11.7. The number of benzene rings is 2. The number of aromatic hydroxyl groups is 1. The third-order valence-electron chi connectivity index (χ3n) is 2.45. The van der Waals surface area contributed by atoms with Crippen LogP contribution in [0.3, 0.4) is 0 Å². The first-order valence-electron chi connectivity index (χ1n) is 5.42. The SMILES string of the molecule is CCOc1ccc(-c2ccc(O)c(F)c2)cc1.